The van der Waals surface area contributed by atoms with Gasteiger partial charge < -0.3 is 19.9 Å². The van der Waals surface area contributed by atoms with Crippen molar-refractivity contribution in [2.75, 3.05) is 46.4 Å². The number of hydrogen-bond donors (Lipinski definition) is 2. The third kappa shape index (κ3) is 6.17. The third-order valence-electron chi connectivity index (χ3n) is 5.39. The van der Waals surface area contributed by atoms with Crippen LogP contribution < -0.4 is 10.6 Å². The lowest BCUT2D eigenvalue weighted by Gasteiger charge is -2.34. The van der Waals surface area contributed by atoms with Gasteiger partial charge in [-0.25, -0.2) is 0 Å². The van der Waals surface area contributed by atoms with Gasteiger partial charge in [-0.1, -0.05) is 20.3 Å². The minimum atomic E-state index is 0.207. The molecule has 8 heteroatoms. The predicted octanol–water partition coefficient (Wildman–Crippen LogP) is 1.07. The number of nitrogens with one attached hydrogen (secondary N) is 2. The first-order chi connectivity index (χ1) is 13.7. The van der Waals surface area contributed by atoms with Gasteiger partial charge in [0, 0.05) is 59.2 Å². The molecule has 1 aromatic heterocycles. The standard InChI is InChI=1S/C20H37N7O/c1-16(2)14-26-11-12-28-17(15-26)13-23-20(21-3)22-9-8-19-25-24-18-7-5-4-6-10-27(18)19/h16-17H,4-15H2,1-3H3,(H2,21,22,23). The van der Waals surface area contributed by atoms with E-state index in [0.29, 0.717) is 5.92 Å². The van der Waals surface area contributed by atoms with Gasteiger partial charge in [-0.3, -0.25) is 9.89 Å². The van der Waals surface area contributed by atoms with E-state index in [-0.39, 0.29) is 6.10 Å². The first-order valence-corrected chi connectivity index (χ1v) is 10.8. The molecule has 0 aliphatic carbocycles. The van der Waals surface area contributed by atoms with Crippen LogP contribution in [0.25, 0.3) is 0 Å². The molecule has 0 bridgehead atoms. The Hall–Kier alpha value is -1.67. The van der Waals surface area contributed by atoms with Crippen LogP contribution in [-0.2, 0) is 24.1 Å². The van der Waals surface area contributed by atoms with E-state index in [9.17, 15) is 0 Å². The molecule has 2 N–H and O–H groups in total. The van der Waals surface area contributed by atoms with Crippen LogP contribution in [0.15, 0.2) is 4.99 Å². The molecule has 1 aromatic rings. The van der Waals surface area contributed by atoms with Crippen LogP contribution in [0.3, 0.4) is 0 Å². The van der Waals surface area contributed by atoms with Gasteiger partial charge in [0.2, 0.25) is 0 Å². The average Bonchev–Trinajstić information content (AvgIpc) is 2.90. The molecule has 0 aromatic carbocycles. The summed E-state index contributed by atoms with van der Waals surface area (Å²) in [5.74, 6) is 3.74. The molecule has 0 amide bonds. The van der Waals surface area contributed by atoms with Gasteiger partial charge in [-0.05, 0) is 18.8 Å². The summed E-state index contributed by atoms with van der Waals surface area (Å²) < 4.78 is 8.22. The summed E-state index contributed by atoms with van der Waals surface area (Å²) >= 11 is 0. The molecule has 2 aliphatic rings. The molecule has 0 radical (unpaired) electrons. The largest absolute Gasteiger partial charge is 0.374 e. The van der Waals surface area contributed by atoms with Crippen molar-refractivity contribution >= 4 is 5.96 Å². The van der Waals surface area contributed by atoms with Crippen molar-refractivity contribution in [3.8, 4) is 0 Å². The molecule has 0 spiro atoms. The summed E-state index contributed by atoms with van der Waals surface area (Å²) in [5, 5.41) is 15.6. The average molecular weight is 392 g/mol. The lowest BCUT2D eigenvalue weighted by atomic mass is 10.2. The van der Waals surface area contributed by atoms with Gasteiger partial charge in [0.05, 0.1) is 12.7 Å². The van der Waals surface area contributed by atoms with Crippen molar-refractivity contribution in [1.29, 1.82) is 0 Å². The van der Waals surface area contributed by atoms with E-state index >= 15 is 0 Å². The second-order valence-electron chi connectivity index (χ2n) is 8.27. The van der Waals surface area contributed by atoms with Crippen LogP contribution in [0.5, 0.6) is 0 Å². The zero-order chi connectivity index (χ0) is 19.8. The maximum Gasteiger partial charge on any atom is 0.191 e. The van der Waals surface area contributed by atoms with Crippen molar-refractivity contribution in [2.45, 2.75) is 58.6 Å². The number of nitrogens with zero attached hydrogens (tertiary/aromatic N) is 5. The van der Waals surface area contributed by atoms with Crippen molar-refractivity contribution in [3.63, 3.8) is 0 Å². The number of fused-ring (bicyclic) bond motifs is 1. The van der Waals surface area contributed by atoms with Gasteiger partial charge in [0.1, 0.15) is 11.6 Å². The van der Waals surface area contributed by atoms with Gasteiger partial charge in [-0.2, -0.15) is 0 Å². The predicted molar refractivity (Wildman–Crippen MR) is 112 cm³/mol. The second-order valence-corrected chi connectivity index (χ2v) is 8.27. The zero-order valence-electron chi connectivity index (χ0n) is 17.8. The number of hydrogen-bond acceptors (Lipinski definition) is 5. The number of morpholine rings is 1. The summed E-state index contributed by atoms with van der Waals surface area (Å²) in [4.78, 5) is 6.84. The first-order valence-electron chi connectivity index (χ1n) is 10.8. The second kappa shape index (κ2) is 10.8. The minimum Gasteiger partial charge on any atom is -0.374 e. The van der Waals surface area contributed by atoms with Crippen LogP contribution in [0, 0.1) is 5.92 Å². The van der Waals surface area contributed by atoms with E-state index < -0.39 is 0 Å². The Labute approximate surface area is 169 Å². The maximum atomic E-state index is 5.91. The summed E-state index contributed by atoms with van der Waals surface area (Å²) in [5.41, 5.74) is 0. The summed E-state index contributed by atoms with van der Waals surface area (Å²) in [6.45, 7) is 11.1. The molecule has 3 rings (SSSR count). The number of aliphatic imine (C=N–C) groups is 1. The Morgan fingerprint density at radius 1 is 1.21 bits per heavy atom. The van der Waals surface area contributed by atoms with Gasteiger partial charge in [0.25, 0.3) is 0 Å². The molecule has 0 saturated carbocycles. The van der Waals surface area contributed by atoms with E-state index in [1.54, 1.807) is 0 Å². The summed E-state index contributed by atoms with van der Waals surface area (Å²) in [7, 11) is 1.81. The molecular weight excluding hydrogens is 354 g/mol. The SMILES string of the molecule is CN=C(NCCc1nnc2n1CCCCC2)NCC1CN(CC(C)C)CCO1. The van der Waals surface area contributed by atoms with Crippen LogP contribution in [0.1, 0.15) is 44.8 Å². The minimum absolute atomic E-state index is 0.207. The molecule has 1 unspecified atom stereocenters. The lowest BCUT2D eigenvalue weighted by molar-refractivity contribution is -0.0284. The lowest BCUT2D eigenvalue weighted by Crippen LogP contribution is -2.50. The summed E-state index contributed by atoms with van der Waals surface area (Å²) in [6, 6.07) is 0. The molecule has 158 valence electrons. The highest BCUT2D eigenvalue weighted by molar-refractivity contribution is 5.79. The van der Waals surface area contributed by atoms with Crippen molar-refractivity contribution < 1.29 is 4.74 Å². The number of aromatic nitrogens is 3. The van der Waals surface area contributed by atoms with Gasteiger partial charge >= 0.3 is 0 Å². The molecule has 3 heterocycles. The van der Waals surface area contributed by atoms with E-state index in [1.807, 2.05) is 7.05 Å². The topological polar surface area (TPSA) is 79.6 Å². The quantitative estimate of drug-likeness (QED) is 0.535. The number of guanidine groups is 1. The smallest absolute Gasteiger partial charge is 0.191 e. The van der Waals surface area contributed by atoms with E-state index in [4.69, 9.17) is 4.74 Å². The monoisotopic (exact) mass is 391 g/mol. The van der Waals surface area contributed by atoms with Crippen LogP contribution in [0.2, 0.25) is 0 Å². The zero-order valence-corrected chi connectivity index (χ0v) is 17.8. The first kappa shape index (κ1) is 21.0. The van der Waals surface area contributed by atoms with Crippen LogP contribution in [0.4, 0.5) is 0 Å². The normalized spacial score (nSPS) is 21.4. The highest BCUT2D eigenvalue weighted by Gasteiger charge is 2.21. The molecule has 1 saturated heterocycles. The Kier molecular flexibility index (Phi) is 8.09. The Morgan fingerprint density at radius 3 is 2.93 bits per heavy atom. The Morgan fingerprint density at radius 2 is 2.11 bits per heavy atom. The molecule has 28 heavy (non-hydrogen) atoms. The molecular formula is C20H37N7O. The molecule has 8 nitrogen and oxygen atoms in total. The van der Waals surface area contributed by atoms with Gasteiger partial charge in [0.15, 0.2) is 5.96 Å². The maximum absolute atomic E-state index is 5.91. The fraction of sp³-hybridized carbons (Fsp3) is 0.850. The van der Waals surface area contributed by atoms with Crippen molar-refractivity contribution in [2.24, 2.45) is 10.9 Å². The van der Waals surface area contributed by atoms with Crippen LogP contribution in [-0.4, -0.2) is 78.1 Å². The number of aryl methyl sites for hydroxylation is 1. The third-order valence-corrected chi connectivity index (χ3v) is 5.39. The van der Waals surface area contributed by atoms with Crippen LogP contribution >= 0.6 is 0 Å². The fourth-order valence-corrected chi connectivity index (χ4v) is 4.04. The molecule has 1 atom stereocenters. The van der Waals surface area contributed by atoms with Crippen molar-refractivity contribution in [3.05, 3.63) is 11.6 Å². The molecule has 1 fully saturated rings. The Bertz CT molecular complexity index is 628. The van der Waals surface area contributed by atoms with E-state index in [0.717, 1.165) is 76.3 Å². The van der Waals surface area contributed by atoms with E-state index in [2.05, 4.69) is 49.1 Å². The van der Waals surface area contributed by atoms with Crippen molar-refractivity contribution in [1.82, 2.24) is 30.3 Å². The highest BCUT2D eigenvalue weighted by atomic mass is 16.5. The Balaban J connectivity index is 1.40. The number of rotatable bonds is 7. The summed E-state index contributed by atoms with van der Waals surface area (Å²) in [6.07, 6.45) is 5.86. The van der Waals surface area contributed by atoms with E-state index in [1.165, 1.54) is 19.3 Å². The van der Waals surface area contributed by atoms with Gasteiger partial charge in [-0.15, -0.1) is 10.2 Å². The highest BCUT2D eigenvalue weighted by Crippen LogP contribution is 2.14. The fourth-order valence-electron chi connectivity index (χ4n) is 4.04. The number of ether oxygens (including phenoxy) is 1. The molecule has 2 aliphatic heterocycles.